The zero-order valence-electron chi connectivity index (χ0n) is 13.6. The van der Waals surface area contributed by atoms with Gasteiger partial charge in [0.1, 0.15) is 13.2 Å². The number of alkyl halides is 1. The topological polar surface area (TPSA) is 60.6 Å². The first-order chi connectivity index (χ1) is 11.6. The smallest absolute Gasteiger partial charge is 0.265 e. The summed E-state index contributed by atoms with van der Waals surface area (Å²) >= 11 is 0. The average Bonchev–Trinajstić information content (AvgIpc) is 3.02. The lowest BCUT2D eigenvalue weighted by Crippen LogP contribution is -2.43. The van der Waals surface area contributed by atoms with Crippen molar-refractivity contribution in [3.8, 4) is 11.5 Å². The van der Waals surface area contributed by atoms with E-state index >= 15 is 4.39 Å². The molecule has 1 aromatic heterocycles. The number of hydrogen-bond acceptors (Lipinski definition) is 6. The number of ether oxygens (including phenoxy) is 2. The highest BCUT2D eigenvalue weighted by molar-refractivity contribution is 5.43. The predicted molar refractivity (Wildman–Crippen MR) is 83.8 cm³/mol. The summed E-state index contributed by atoms with van der Waals surface area (Å²) in [6.45, 7) is 4.58. The number of hydrogen-bond donors (Lipinski definition) is 0. The van der Waals surface area contributed by atoms with Crippen LogP contribution < -0.4 is 9.47 Å². The third-order valence-electron chi connectivity index (χ3n) is 4.45. The lowest BCUT2D eigenvalue weighted by atomic mass is 9.94. The first-order valence-electron chi connectivity index (χ1n) is 8.23. The average molecular weight is 333 g/mol. The number of rotatable bonds is 3. The van der Waals surface area contributed by atoms with E-state index < -0.39 is 5.67 Å². The van der Waals surface area contributed by atoms with E-state index in [1.54, 1.807) is 6.92 Å². The minimum absolute atomic E-state index is 0.0897. The monoisotopic (exact) mass is 333 g/mol. The molecule has 0 saturated carbocycles. The van der Waals surface area contributed by atoms with Crippen molar-refractivity contribution >= 4 is 0 Å². The lowest BCUT2D eigenvalue weighted by Gasteiger charge is -2.35. The van der Waals surface area contributed by atoms with Gasteiger partial charge in [0, 0.05) is 13.1 Å². The summed E-state index contributed by atoms with van der Waals surface area (Å²) in [6, 6.07) is 5.89. The molecule has 3 heterocycles. The molecular formula is C17H20FN3O3. The van der Waals surface area contributed by atoms with E-state index in [4.69, 9.17) is 14.0 Å². The Kier molecular flexibility index (Phi) is 3.88. The molecule has 0 aliphatic carbocycles. The Labute approximate surface area is 139 Å². The summed E-state index contributed by atoms with van der Waals surface area (Å²) in [4.78, 5) is 6.17. The second kappa shape index (κ2) is 6.05. The Morgan fingerprint density at radius 1 is 1.25 bits per heavy atom. The number of halogens is 1. The molecule has 0 spiro atoms. The quantitative estimate of drug-likeness (QED) is 0.860. The number of likely N-dealkylation sites (tertiary alicyclic amines) is 1. The number of benzene rings is 1. The fourth-order valence-corrected chi connectivity index (χ4v) is 3.33. The van der Waals surface area contributed by atoms with Gasteiger partial charge in [-0.15, -0.1) is 0 Å². The zero-order chi connectivity index (χ0) is 16.6. The minimum Gasteiger partial charge on any atom is -0.486 e. The van der Waals surface area contributed by atoms with E-state index in [-0.39, 0.29) is 12.4 Å². The maximum absolute atomic E-state index is 15.3. The van der Waals surface area contributed by atoms with Crippen LogP contribution in [-0.2, 0) is 12.2 Å². The summed E-state index contributed by atoms with van der Waals surface area (Å²) < 4.78 is 31.5. The Bertz CT molecular complexity index is 736. The normalized spacial score (nSPS) is 24.1. The standard InChI is InChI=1S/C17H20FN3O3/c1-12-19-16(24-20-12)17(18)5-2-6-21(11-17)10-13-3-4-14-15(9-13)23-8-7-22-14/h3-4,9H,2,5-8,10-11H2,1H3. The number of aromatic nitrogens is 2. The van der Waals surface area contributed by atoms with Crippen molar-refractivity contribution in [3.63, 3.8) is 0 Å². The van der Waals surface area contributed by atoms with E-state index in [1.165, 1.54) is 0 Å². The van der Waals surface area contributed by atoms with Gasteiger partial charge in [-0.25, -0.2) is 4.39 Å². The molecule has 6 nitrogen and oxygen atoms in total. The molecule has 128 valence electrons. The Balaban J connectivity index is 1.48. The Morgan fingerprint density at radius 3 is 2.88 bits per heavy atom. The minimum atomic E-state index is -1.58. The number of fused-ring (bicyclic) bond motifs is 1. The molecule has 0 amide bonds. The van der Waals surface area contributed by atoms with Gasteiger partial charge in [0.05, 0.1) is 0 Å². The number of piperidine rings is 1. The van der Waals surface area contributed by atoms with Crippen LogP contribution in [0.2, 0.25) is 0 Å². The van der Waals surface area contributed by atoms with Crippen LogP contribution in [0.3, 0.4) is 0 Å². The Hall–Kier alpha value is -2.15. The van der Waals surface area contributed by atoms with Crippen molar-refractivity contribution < 1.29 is 18.4 Å². The largest absolute Gasteiger partial charge is 0.486 e. The van der Waals surface area contributed by atoms with Crippen molar-refractivity contribution in [2.24, 2.45) is 0 Å². The third-order valence-corrected chi connectivity index (χ3v) is 4.45. The Morgan fingerprint density at radius 2 is 2.08 bits per heavy atom. The van der Waals surface area contributed by atoms with Gasteiger partial charge in [-0.3, -0.25) is 4.90 Å². The number of aryl methyl sites for hydroxylation is 1. The molecule has 1 aromatic carbocycles. The highest BCUT2D eigenvalue weighted by Crippen LogP contribution is 2.36. The molecule has 2 aliphatic heterocycles. The van der Waals surface area contributed by atoms with Crippen molar-refractivity contribution in [2.75, 3.05) is 26.3 Å². The highest BCUT2D eigenvalue weighted by Gasteiger charge is 2.42. The highest BCUT2D eigenvalue weighted by atomic mass is 19.1. The van der Waals surface area contributed by atoms with Gasteiger partial charge < -0.3 is 14.0 Å². The van der Waals surface area contributed by atoms with Crippen LogP contribution in [0, 0.1) is 6.92 Å². The maximum atomic E-state index is 15.3. The van der Waals surface area contributed by atoms with Gasteiger partial charge in [0.25, 0.3) is 5.89 Å². The molecular weight excluding hydrogens is 313 g/mol. The maximum Gasteiger partial charge on any atom is 0.265 e. The van der Waals surface area contributed by atoms with Crippen molar-refractivity contribution in [1.82, 2.24) is 15.0 Å². The molecule has 0 radical (unpaired) electrons. The predicted octanol–water partition coefficient (Wildman–Crippen LogP) is 2.61. The van der Waals surface area contributed by atoms with Crippen LogP contribution in [0.15, 0.2) is 22.7 Å². The molecule has 1 saturated heterocycles. The summed E-state index contributed by atoms with van der Waals surface area (Å²) in [5.74, 6) is 2.08. The van der Waals surface area contributed by atoms with E-state index in [0.29, 0.717) is 32.0 Å². The van der Waals surface area contributed by atoms with Gasteiger partial charge in [-0.2, -0.15) is 4.98 Å². The first kappa shape index (κ1) is 15.4. The van der Waals surface area contributed by atoms with Crippen molar-refractivity contribution in [3.05, 3.63) is 35.5 Å². The van der Waals surface area contributed by atoms with Crippen LogP contribution in [0.4, 0.5) is 4.39 Å². The van der Waals surface area contributed by atoms with Crippen molar-refractivity contribution in [2.45, 2.75) is 32.0 Å². The molecule has 0 bridgehead atoms. The lowest BCUT2D eigenvalue weighted by molar-refractivity contribution is 0.0123. The van der Waals surface area contributed by atoms with Crippen molar-refractivity contribution in [1.29, 1.82) is 0 Å². The third kappa shape index (κ3) is 2.96. The van der Waals surface area contributed by atoms with Crippen LogP contribution in [0.5, 0.6) is 11.5 Å². The van der Waals surface area contributed by atoms with Crippen LogP contribution >= 0.6 is 0 Å². The van der Waals surface area contributed by atoms with Crippen LogP contribution in [-0.4, -0.2) is 41.3 Å². The SMILES string of the molecule is Cc1noc(C2(F)CCCN(Cc3ccc4c(c3)OCCO4)C2)n1. The second-order valence-corrected chi connectivity index (χ2v) is 6.40. The van der Waals surface area contributed by atoms with E-state index in [0.717, 1.165) is 30.0 Å². The molecule has 7 heteroatoms. The molecule has 1 fully saturated rings. The number of nitrogens with zero attached hydrogens (tertiary/aromatic N) is 3. The molecule has 0 N–H and O–H groups in total. The van der Waals surface area contributed by atoms with Crippen LogP contribution in [0.25, 0.3) is 0 Å². The second-order valence-electron chi connectivity index (χ2n) is 6.40. The van der Waals surface area contributed by atoms with E-state index in [1.807, 2.05) is 18.2 Å². The molecule has 4 rings (SSSR count). The van der Waals surface area contributed by atoms with Crippen LogP contribution in [0.1, 0.15) is 30.1 Å². The van der Waals surface area contributed by atoms with Gasteiger partial charge in [-0.1, -0.05) is 11.2 Å². The fraction of sp³-hybridized carbons (Fsp3) is 0.529. The fourth-order valence-electron chi connectivity index (χ4n) is 3.33. The van der Waals surface area contributed by atoms with E-state index in [2.05, 4.69) is 15.0 Å². The molecule has 24 heavy (non-hydrogen) atoms. The molecule has 1 unspecified atom stereocenters. The molecule has 2 aromatic rings. The summed E-state index contributed by atoms with van der Waals surface area (Å²) in [5, 5.41) is 3.72. The van der Waals surface area contributed by atoms with Gasteiger partial charge in [-0.05, 0) is 44.0 Å². The van der Waals surface area contributed by atoms with E-state index in [9.17, 15) is 0 Å². The zero-order valence-corrected chi connectivity index (χ0v) is 13.6. The molecule has 2 aliphatic rings. The summed E-state index contributed by atoms with van der Waals surface area (Å²) in [7, 11) is 0. The summed E-state index contributed by atoms with van der Waals surface area (Å²) in [5.41, 5.74) is -0.502. The summed E-state index contributed by atoms with van der Waals surface area (Å²) in [6.07, 6.45) is 1.16. The van der Waals surface area contributed by atoms with Gasteiger partial charge in [0.2, 0.25) is 5.67 Å². The van der Waals surface area contributed by atoms with Gasteiger partial charge >= 0.3 is 0 Å². The molecule has 1 atom stereocenters. The first-order valence-corrected chi connectivity index (χ1v) is 8.23. The van der Waals surface area contributed by atoms with Gasteiger partial charge in [0.15, 0.2) is 17.3 Å².